The lowest BCUT2D eigenvalue weighted by atomic mass is 9.85. The number of aromatic nitrogens is 1. The predicted octanol–water partition coefficient (Wildman–Crippen LogP) is 7.50. The van der Waals surface area contributed by atoms with Crippen molar-refractivity contribution in [3.8, 4) is 28.1 Å². The molecule has 0 saturated carbocycles. The highest BCUT2D eigenvalue weighted by molar-refractivity contribution is 8.00. The van der Waals surface area contributed by atoms with Crippen LogP contribution in [-0.4, -0.2) is 28.9 Å². The summed E-state index contributed by atoms with van der Waals surface area (Å²) in [5.74, 6) is -0.162. The van der Waals surface area contributed by atoms with Gasteiger partial charge in [-0.2, -0.15) is 0 Å². The van der Waals surface area contributed by atoms with Crippen molar-refractivity contribution in [3.63, 3.8) is 0 Å². The van der Waals surface area contributed by atoms with E-state index in [1.807, 2.05) is 26.2 Å². The molecule has 0 aliphatic carbocycles. The molecule has 1 atom stereocenters. The molecule has 1 aromatic heterocycles. The third-order valence-electron chi connectivity index (χ3n) is 6.73. The number of rotatable bonds is 9. The van der Waals surface area contributed by atoms with E-state index < -0.39 is 5.97 Å². The van der Waals surface area contributed by atoms with Crippen molar-refractivity contribution in [3.05, 3.63) is 102 Å². The minimum Gasteiger partial charge on any atom is -0.487 e. The van der Waals surface area contributed by atoms with E-state index in [-0.39, 0.29) is 12.5 Å². The van der Waals surface area contributed by atoms with E-state index in [1.54, 1.807) is 30.3 Å². The van der Waals surface area contributed by atoms with Crippen LogP contribution in [0.3, 0.4) is 0 Å². The number of pyridine rings is 1. The first-order chi connectivity index (χ1) is 17.8. The van der Waals surface area contributed by atoms with Crippen LogP contribution in [0.15, 0.2) is 79.6 Å². The molecule has 6 heteroatoms. The van der Waals surface area contributed by atoms with Gasteiger partial charge in [0.05, 0.1) is 30.0 Å². The van der Waals surface area contributed by atoms with Crippen LogP contribution >= 0.6 is 11.9 Å². The zero-order valence-corrected chi connectivity index (χ0v) is 22.6. The summed E-state index contributed by atoms with van der Waals surface area (Å²) < 4.78 is 8.28. The largest absolute Gasteiger partial charge is 0.487 e. The summed E-state index contributed by atoms with van der Waals surface area (Å²) in [6.45, 7) is 14.2. The lowest BCUT2D eigenvalue weighted by molar-refractivity contribution is -0.136. The van der Waals surface area contributed by atoms with Gasteiger partial charge >= 0.3 is 5.97 Å². The average Bonchev–Trinajstić information content (AvgIpc) is 2.89. The fourth-order valence-electron chi connectivity index (χ4n) is 4.83. The first-order valence-corrected chi connectivity index (χ1v) is 13.3. The number of aliphatic carboxylic acids is 1. The Hall–Kier alpha value is -3.77. The topological polar surface area (TPSA) is 62.7 Å². The zero-order valence-electron chi connectivity index (χ0n) is 21.7. The summed E-state index contributed by atoms with van der Waals surface area (Å²) in [5, 5.41) is 9.75. The Morgan fingerprint density at radius 3 is 2.54 bits per heavy atom. The van der Waals surface area contributed by atoms with E-state index >= 15 is 0 Å². The van der Waals surface area contributed by atoms with Gasteiger partial charge in [-0.25, -0.2) is 0 Å². The maximum atomic E-state index is 11.9. The number of fused-ring (bicyclic) bond motifs is 3. The Kier molecular flexibility index (Phi) is 7.89. The standard InChI is InChI=1S/C31H32N2O3S/c1-7-9-22(8-2)18-36-24-14-26-21(5)33(37-6)31-20(4)25(16-29(34)35)27(15-28(31)30(26)32-17-24)23-12-10-19(3)11-13-23/h7-15,17,21H,1-2,16,18H2,3-6H3,(H,34,35)/b22-9+/t21-/m1/s1. The molecule has 3 aromatic rings. The molecule has 0 fully saturated rings. The summed E-state index contributed by atoms with van der Waals surface area (Å²) in [6.07, 6.45) is 9.09. The van der Waals surface area contributed by atoms with E-state index in [9.17, 15) is 9.90 Å². The highest BCUT2D eigenvalue weighted by Crippen LogP contribution is 2.51. The number of carbonyl (C=O) groups is 1. The van der Waals surface area contributed by atoms with Gasteiger partial charge in [0.15, 0.2) is 0 Å². The third-order valence-corrected chi connectivity index (χ3v) is 7.63. The number of carboxylic acid groups (broad SMARTS) is 1. The van der Waals surface area contributed by atoms with Gasteiger partial charge in [-0.05, 0) is 60.7 Å². The second-order valence-corrected chi connectivity index (χ2v) is 9.88. The summed E-state index contributed by atoms with van der Waals surface area (Å²) in [7, 11) is 0. The highest BCUT2D eigenvalue weighted by Gasteiger charge is 2.33. The molecule has 4 rings (SSSR count). The lowest BCUT2D eigenvalue weighted by Crippen LogP contribution is -2.26. The number of carboxylic acids is 1. The average molecular weight is 513 g/mol. The lowest BCUT2D eigenvalue weighted by Gasteiger charge is -2.38. The van der Waals surface area contributed by atoms with Crippen molar-refractivity contribution < 1.29 is 14.6 Å². The van der Waals surface area contributed by atoms with Crippen molar-refractivity contribution >= 4 is 23.6 Å². The predicted molar refractivity (Wildman–Crippen MR) is 154 cm³/mol. The van der Waals surface area contributed by atoms with Crippen molar-refractivity contribution in [1.82, 2.24) is 4.98 Å². The molecule has 37 heavy (non-hydrogen) atoms. The first kappa shape index (κ1) is 26.3. The Labute approximate surface area is 223 Å². The summed E-state index contributed by atoms with van der Waals surface area (Å²) in [6, 6.07) is 12.4. The molecule has 1 aliphatic heterocycles. The molecule has 0 unspecified atom stereocenters. The Balaban J connectivity index is 1.89. The zero-order chi connectivity index (χ0) is 26.7. The number of allylic oxidation sites excluding steroid dienone is 2. The van der Waals surface area contributed by atoms with Crippen LogP contribution in [0.25, 0.3) is 22.4 Å². The van der Waals surface area contributed by atoms with E-state index in [0.29, 0.717) is 12.4 Å². The fraction of sp³-hybridized carbons (Fsp3) is 0.226. The monoisotopic (exact) mass is 512 g/mol. The van der Waals surface area contributed by atoms with Crippen LogP contribution in [-0.2, 0) is 11.2 Å². The van der Waals surface area contributed by atoms with Crippen molar-refractivity contribution in [2.24, 2.45) is 0 Å². The molecule has 0 radical (unpaired) electrons. The molecule has 0 amide bonds. The molecular weight excluding hydrogens is 480 g/mol. The Morgan fingerprint density at radius 1 is 1.19 bits per heavy atom. The van der Waals surface area contributed by atoms with Crippen LogP contribution < -0.4 is 9.04 Å². The van der Waals surface area contributed by atoms with Gasteiger partial charge in [0.25, 0.3) is 0 Å². The minimum atomic E-state index is -0.847. The molecule has 1 N–H and O–H groups in total. The molecule has 190 valence electrons. The highest BCUT2D eigenvalue weighted by atomic mass is 32.2. The van der Waals surface area contributed by atoms with Crippen LogP contribution in [0.4, 0.5) is 5.69 Å². The van der Waals surface area contributed by atoms with Crippen LogP contribution in [0, 0.1) is 13.8 Å². The molecule has 0 bridgehead atoms. The molecule has 1 aliphatic rings. The molecule has 2 aromatic carbocycles. The summed E-state index contributed by atoms with van der Waals surface area (Å²) in [4.78, 5) is 16.8. The van der Waals surface area contributed by atoms with Gasteiger partial charge in [-0.15, -0.1) is 0 Å². The number of benzene rings is 2. The number of anilines is 1. The van der Waals surface area contributed by atoms with Crippen molar-refractivity contribution in [1.29, 1.82) is 0 Å². The van der Waals surface area contributed by atoms with E-state index in [1.165, 1.54) is 0 Å². The van der Waals surface area contributed by atoms with Gasteiger partial charge in [0.2, 0.25) is 0 Å². The summed E-state index contributed by atoms with van der Waals surface area (Å²) in [5.41, 5.74) is 9.77. The van der Waals surface area contributed by atoms with Gasteiger partial charge in [0, 0.05) is 17.4 Å². The van der Waals surface area contributed by atoms with E-state index in [4.69, 9.17) is 9.72 Å². The molecule has 0 saturated heterocycles. The van der Waals surface area contributed by atoms with Crippen LogP contribution in [0.5, 0.6) is 5.75 Å². The van der Waals surface area contributed by atoms with E-state index in [2.05, 4.69) is 60.8 Å². The number of ether oxygens (including phenoxy) is 1. The van der Waals surface area contributed by atoms with Gasteiger partial charge in [-0.1, -0.05) is 73.2 Å². The van der Waals surface area contributed by atoms with Crippen LogP contribution in [0.1, 0.15) is 35.2 Å². The van der Waals surface area contributed by atoms with Crippen LogP contribution in [0.2, 0.25) is 0 Å². The quantitative estimate of drug-likeness (QED) is 0.237. The number of hydrogen-bond donors (Lipinski definition) is 1. The Bertz CT molecular complexity index is 1390. The van der Waals surface area contributed by atoms with E-state index in [0.717, 1.165) is 55.9 Å². The van der Waals surface area contributed by atoms with Crippen molar-refractivity contribution in [2.45, 2.75) is 33.2 Å². The normalized spacial score (nSPS) is 14.5. The molecule has 2 heterocycles. The number of hydrogen-bond acceptors (Lipinski definition) is 5. The third kappa shape index (κ3) is 5.20. The fourth-order valence-corrected chi connectivity index (χ4v) is 5.68. The SMILES string of the molecule is C=C/C=C(\C=C)COc1cnc2c(c1)[C@@H](C)N(SC)c1c-2cc(-c2ccc(C)cc2)c(CC(=O)O)c1C. The van der Waals surface area contributed by atoms with Gasteiger partial charge in [-0.3, -0.25) is 9.78 Å². The number of nitrogens with zero attached hydrogens (tertiary/aromatic N) is 2. The molecule has 5 nitrogen and oxygen atoms in total. The second-order valence-electron chi connectivity index (χ2n) is 9.12. The smallest absolute Gasteiger partial charge is 0.307 e. The number of aryl methyl sites for hydroxylation is 1. The van der Waals surface area contributed by atoms with Gasteiger partial charge < -0.3 is 14.1 Å². The maximum Gasteiger partial charge on any atom is 0.307 e. The summed E-state index contributed by atoms with van der Waals surface area (Å²) >= 11 is 1.62. The molecular formula is C31H32N2O3S. The first-order valence-electron chi connectivity index (χ1n) is 12.1. The van der Waals surface area contributed by atoms with Crippen molar-refractivity contribution in [2.75, 3.05) is 17.2 Å². The maximum absolute atomic E-state index is 11.9. The minimum absolute atomic E-state index is 0.0118. The Morgan fingerprint density at radius 2 is 1.92 bits per heavy atom. The second kappa shape index (κ2) is 11.1. The molecule has 0 spiro atoms. The van der Waals surface area contributed by atoms with Gasteiger partial charge in [0.1, 0.15) is 12.4 Å².